The minimum atomic E-state index is -0.0508. The van der Waals surface area contributed by atoms with E-state index in [1.165, 1.54) is 19.3 Å². The highest BCUT2D eigenvalue weighted by Crippen LogP contribution is 2.40. The van der Waals surface area contributed by atoms with E-state index in [-0.39, 0.29) is 6.10 Å². The third-order valence-electron chi connectivity index (χ3n) is 4.15. The summed E-state index contributed by atoms with van der Waals surface area (Å²) in [7, 11) is 0. The zero-order chi connectivity index (χ0) is 11.4. The molecule has 1 aliphatic carbocycles. The van der Waals surface area contributed by atoms with E-state index in [0.29, 0.717) is 5.92 Å². The molecular formula is C14H28O. The van der Waals surface area contributed by atoms with Crippen molar-refractivity contribution in [1.29, 1.82) is 0 Å². The standard InChI is InChI=1S/C14H28O/c1-5-6-14(15)13-9-11(4)7-8-12(13)10(2)3/h10-15H,5-9H2,1-4H3. The van der Waals surface area contributed by atoms with E-state index in [4.69, 9.17) is 0 Å². The second-order valence-electron chi connectivity index (χ2n) is 5.85. The fourth-order valence-corrected chi connectivity index (χ4v) is 3.23. The maximum Gasteiger partial charge on any atom is 0.0571 e. The summed E-state index contributed by atoms with van der Waals surface area (Å²) in [4.78, 5) is 0. The Labute approximate surface area is 95.3 Å². The molecule has 0 aromatic heterocycles. The van der Waals surface area contributed by atoms with Crippen LogP contribution < -0.4 is 0 Å². The van der Waals surface area contributed by atoms with E-state index < -0.39 is 0 Å². The molecule has 90 valence electrons. The van der Waals surface area contributed by atoms with Crippen LogP contribution in [-0.4, -0.2) is 11.2 Å². The minimum absolute atomic E-state index is 0.0508. The number of aliphatic hydroxyl groups excluding tert-OH is 1. The molecule has 0 aromatic carbocycles. The van der Waals surface area contributed by atoms with Crippen LogP contribution in [0, 0.1) is 23.7 Å². The van der Waals surface area contributed by atoms with E-state index in [1.807, 2.05) is 0 Å². The van der Waals surface area contributed by atoms with Gasteiger partial charge in [-0.15, -0.1) is 0 Å². The van der Waals surface area contributed by atoms with Crippen LogP contribution in [0.4, 0.5) is 0 Å². The third kappa shape index (κ3) is 3.48. The van der Waals surface area contributed by atoms with Crippen molar-refractivity contribution >= 4 is 0 Å². The lowest BCUT2D eigenvalue weighted by Gasteiger charge is -2.40. The van der Waals surface area contributed by atoms with Crippen molar-refractivity contribution in [2.24, 2.45) is 23.7 Å². The maximum atomic E-state index is 10.2. The fraction of sp³-hybridized carbons (Fsp3) is 1.00. The highest BCUT2D eigenvalue weighted by atomic mass is 16.3. The van der Waals surface area contributed by atoms with Crippen LogP contribution in [0.25, 0.3) is 0 Å². The number of hydrogen-bond acceptors (Lipinski definition) is 1. The van der Waals surface area contributed by atoms with Crippen LogP contribution in [0.5, 0.6) is 0 Å². The summed E-state index contributed by atoms with van der Waals surface area (Å²) in [5.41, 5.74) is 0. The molecule has 1 heteroatoms. The summed E-state index contributed by atoms with van der Waals surface area (Å²) < 4.78 is 0. The van der Waals surface area contributed by atoms with Crippen molar-refractivity contribution in [3.8, 4) is 0 Å². The summed E-state index contributed by atoms with van der Waals surface area (Å²) >= 11 is 0. The highest BCUT2D eigenvalue weighted by Gasteiger charge is 2.34. The van der Waals surface area contributed by atoms with E-state index in [1.54, 1.807) is 0 Å². The van der Waals surface area contributed by atoms with Crippen molar-refractivity contribution in [3.63, 3.8) is 0 Å². The Balaban J connectivity index is 2.61. The molecule has 4 unspecified atom stereocenters. The van der Waals surface area contributed by atoms with Crippen molar-refractivity contribution in [2.75, 3.05) is 0 Å². The van der Waals surface area contributed by atoms with Crippen LogP contribution in [0.3, 0.4) is 0 Å². The molecule has 1 nitrogen and oxygen atoms in total. The summed E-state index contributed by atoms with van der Waals surface area (Å²) in [6.45, 7) is 9.13. The first kappa shape index (κ1) is 13.0. The van der Waals surface area contributed by atoms with Gasteiger partial charge in [-0.05, 0) is 42.9 Å². The largest absolute Gasteiger partial charge is 0.393 e. The average Bonchev–Trinajstić information content (AvgIpc) is 2.17. The summed E-state index contributed by atoms with van der Waals surface area (Å²) in [5, 5.41) is 10.2. The van der Waals surface area contributed by atoms with Gasteiger partial charge in [0.1, 0.15) is 0 Å². The SMILES string of the molecule is CCCC(O)C1CC(C)CCC1C(C)C. The molecule has 0 radical (unpaired) electrons. The van der Waals surface area contributed by atoms with Gasteiger partial charge in [0.2, 0.25) is 0 Å². The van der Waals surface area contributed by atoms with E-state index in [2.05, 4.69) is 27.7 Å². The van der Waals surface area contributed by atoms with Gasteiger partial charge in [0.05, 0.1) is 6.10 Å². The molecule has 4 atom stereocenters. The Morgan fingerprint density at radius 1 is 1.20 bits per heavy atom. The predicted molar refractivity (Wildman–Crippen MR) is 65.7 cm³/mol. The monoisotopic (exact) mass is 212 g/mol. The second-order valence-corrected chi connectivity index (χ2v) is 5.85. The topological polar surface area (TPSA) is 20.2 Å². The van der Waals surface area contributed by atoms with Gasteiger partial charge in [0.15, 0.2) is 0 Å². The first-order valence-corrected chi connectivity index (χ1v) is 6.74. The molecule has 0 saturated heterocycles. The van der Waals surface area contributed by atoms with Crippen LogP contribution in [-0.2, 0) is 0 Å². The van der Waals surface area contributed by atoms with Gasteiger partial charge in [-0.3, -0.25) is 0 Å². The van der Waals surface area contributed by atoms with Gasteiger partial charge in [-0.2, -0.15) is 0 Å². The lowest BCUT2D eigenvalue weighted by molar-refractivity contribution is 0.0108. The Morgan fingerprint density at radius 3 is 2.40 bits per heavy atom. The van der Waals surface area contributed by atoms with E-state index in [9.17, 15) is 5.11 Å². The van der Waals surface area contributed by atoms with Crippen LogP contribution >= 0.6 is 0 Å². The van der Waals surface area contributed by atoms with Crippen molar-refractivity contribution in [1.82, 2.24) is 0 Å². The highest BCUT2D eigenvalue weighted by molar-refractivity contribution is 4.84. The first-order chi connectivity index (χ1) is 7.06. The smallest absolute Gasteiger partial charge is 0.0571 e. The molecular weight excluding hydrogens is 184 g/mol. The molecule has 0 spiro atoms. The average molecular weight is 212 g/mol. The molecule has 1 fully saturated rings. The van der Waals surface area contributed by atoms with Crippen LogP contribution in [0.15, 0.2) is 0 Å². The van der Waals surface area contributed by atoms with Crippen LogP contribution in [0.2, 0.25) is 0 Å². The zero-order valence-electron chi connectivity index (χ0n) is 10.9. The Bertz CT molecular complexity index is 176. The van der Waals surface area contributed by atoms with Gasteiger partial charge >= 0.3 is 0 Å². The quantitative estimate of drug-likeness (QED) is 0.750. The molecule has 0 aromatic rings. The summed E-state index contributed by atoms with van der Waals surface area (Å²) in [6, 6.07) is 0. The minimum Gasteiger partial charge on any atom is -0.393 e. The lowest BCUT2D eigenvalue weighted by Crippen LogP contribution is -2.35. The first-order valence-electron chi connectivity index (χ1n) is 6.74. The van der Waals surface area contributed by atoms with Crippen molar-refractivity contribution in [2.45, 2.75) is 65.9 Å². The Kier molecular flexibility index (Phi) is 5.11. The van der Waals surface area contributed by atoms with Gasteiger partial charge < -0.3 is 5.11 Å². The van der Waals surface area contributed by atoms with Crippen molar-refractivity contribution < 1.29 is 5.11 Å². The Morgan fingerprint density at radius 2 is 1.87 bits per heavy atom. The Hall–Kier alpha value is -0.0400. The van der Waals surface area contributed by atoms with E-state index >= 15 is 0 Å². The fourth-order valence-electron chi connectivity index (χ4n) is 3.23. The summed E-state index contributed by atoms with van der Waals surface area (Å²) in [5.74, 6) is 2.86. The number of hydrogen-bond donors (Lipinski definition) is 1. The second kappa shape index (κ2) is 5.89. The molecule has 1 saturated carbocycles. The van der Waals surface area contributed by atoms with Gasteiger partial charge in [0, 0.05) is 0 Å². The molecule has 1 aliphatic rings. The van der Waals surface area contributed by atoms with Crippen molar-refractivity contribution in [3.05, 3.63) is 0 Å². The molecule has 1 rings (SSSR count). The number of aliphatic hydroxyl groups is 1. The van der Waals surface area contributed by atoms with Gasteiger partial charge in [0.25, 0.3) is 0 Å². The lowest BCUT2D eigenvalue weighted by atomic mass is 9.67. The van der Waals surface area contributed by atoms with E-state index in [0.717, 1.165) is 30.6 Å². The normalized spacial score (nSPS) is 34.4. The molecule has 0 heterocycles. The molecule has 15 heavy (non-hydrogen) atoms. The zero-order valence-corrected chi connectivity index (χ0v) is 10.9. The molecule has 0 bridgehead atoms. The third-order valence-corrected chi connectivity index (χ3v) is 4.15. The molecule has 0 aliphatic heterocycles. The predicted octanol–water partition coefficient (Wildman–Crippen LogP) is 3.86. The molecule has 1 N–H and O–H groups in total. The van der Waals surface area contributed by atoms with Crippen LogP contribution in [0.1, 0.15) is 59.8 Å². The summed E-state index contributed by atoms with van der Waals surface area (Å²) in [6.07, 6.45) is 5.97. The maximum absolute atomic E-state index is 10.2. The molecule has 0 amide bonds. The van der Waals surface area contributed by atoms with Gasteiger partial charge in [-0.25, -0.2) is 0 Å². The van der Waals surface area contributed by atoms with Gasteiger partial charge in [-0.1, -0.05) is 40.5 Å². The number of rotatable bonds is 4.